The number of halogens is 1. The molecule has 0 saturated carbocycles. The molecule has 1 atom stereocenters. The number of aliphatic hydroxyl groups excluding tert-OH is 1. The van der Waals surface area contributed by atoms with Crippen LogP contribution in [0.1, 0.15) is 35.3 Å². The van der Waals surface area contributed by atoms with Gasteiger partial charge in [-0.15, -0.1) is 0 Å². The Labute approximate surface area is 191 Å². The average Bonchev–Trinajstić information content (AvgIpc) is 3.06. The standard InChI is InChI=1S/C26H23FN2O4/c1-3-33-21-12-9-18(14-16(21)2)24(30)22-23(17-7-10-19(27)11-8-17)29(26(32)25(22)31)15-20-6-4-5-13-28-20/h4-14,23,30H,3,15H2,1-2H3/b24-22-. The van der Waals surface area contributed by atoms with Gasteiger partial charge in [-0.05, 0) is 67.4 Å². The maximum Gasteiger partial charge on any atom is 0.296 e. The van der Waals surface area contributed by atoms with Crippen LogP contribution in [0, 0.1) is 12.7 Å². The summed E-state index contributed by atoms with van der Waals surface area (Å²) >= 11 is 0. The molecule has 2 heterocycles. The number of rotatable bonds is 6. The number of ketones is 1. The van der Waals surface area contributed by atoms with Crippen molar-refractivity contribution in [2.45, 2.75) is 26.4 Å². The van der Waals surface area contributed by atoms with E-state index in [0.717, 1.165) is 5.56 Å². The number of likely N-dealkylation sites (tertiary alicyclic amines) is 1. The summed E-state index contributed by atoms with van der Waals surface area (Å²) < 4.78 is 19.2. The van der Waals surface area contributed by atoms with Crippen molar-refractivity contribution in [1.82, 2.24) is 9.88 Å². The highest BCUT2D eigenvalue weighted by Crippen LogP contribution is 2.40. The van der Waals surface area contributed by atoms with Gasteiger partial charge < -0.3 is 14.7 Å². The Bertz CT molecular complexity index is 1220. The molecule has 3 aromatic rings. The molecule has 2 aromatic carbocycles. The Kier molecular flexibility index (Phi) is 6.22. The summed E-state index contributed by atoms with van der Waals surface area (Å²) in [6, 6.07) is 15.0. The molecule has 1 aliphatic heterocycles. The molecule has 1 fully saturated rings. The summed E-state index contributed by atoms with van der Waals surface area (Å²) in [7, 11) is 0. The smallest absolute Gasteiger partial charge is 0.296 e. The normalized spacial score (nSPS) is 17.4. The molecule has 0 bridgehead atoms. The van der Waals surface area contributed by atoms with Gasteiger partial charge in [-0.2, -0.15) is 0 Å². The topological polar surface area (TPSA) is 79.7 Å². The Morgan fingerprint density at radius 3 is 2.52 bits per heavy atom. The Morgan fingerprint density at radius 2 is 1.88 bits per heavy atom. The van der Waals surface area contributed by atoms with Crippen molar-refractivity contribution >= 4 is 17.4 Å². The van der Waals surface area contributed by atoms with Gasteiger partial charge in [-0.25, -0.2) is 4.39 Å². The molecule has 1 amide bonds. The minimum Gasteiger partial charge on any atom is -0.507 e. The van der Waals surface area contributed by atoms with Gasteiger partial charge in [0.15, 0.2) is 0 Å². The number of aliphatic hydroxyl groups is 1. The molecule has 6 nitrogen and oxygen atoms in total. The van der Waals surface area contributed by atoms with Gasteiger partial charge in [0, 0.05) is 11.8 Å². The van der Waals surface area contributed by atoms with Crippen molar-refractivity contribution in [1.29, 1.82) is 0 Å². The second-order valence-electron chi connectivity index (χ2n) is 7.71. The number of hydrogen-bond acceptors (Lipinski definition) is 5. The lowest BCUT2D eigenvalue weighted by molar-refractivity contribution is -0.140. The number of pyridine rings is 1. The van der Waals surface area contributed by atoms with E-state index in [0.29, 0.717) is 29.2 Å². The number of ether oxygens (including phenoxy) is 1. The lowest BCUT2D eigenvalue weighted by Gasteiger charge is -2.25. The van der Waals surface area contributed by atoms with Gasteiger partial charge in [0.2, 0.25) is 0 Å². The van der Waals surface area contributed by atoms with Gasteiger partial charge in [-0.3, -0.25) is 14.6 Å². The SMILES string of the molecule is CCOc1ccc(/C(O)=C2/C(=O)C(=O)N(Cc3ccccn3)C2c2ccc(F)cc2)cc1C. The Hall–Kier alpha value is -4.00. The second kappa shape index (κ2) is 9.24. The fraction of sp³-hybridized carbons (Fsp3) is 0.192. The molecule has 1 N–H and O–H groups in total. The summed E-state index contributed by atoms with van der Waals surface area (Å²) in [5.74, 6) is -1.62. The fourth-order valence-electron chi connectivity index (χ4n) is 3.97. The fourth-order valence-corrected chi connectivity index (χ4v) is 3.97. The minimum absolute atomic E-state index is 0.0499. The average molecular weight is 446 g/mol. The molecule has 1 aromatic heterocycles. The van der Waals surface area contributed by atoms with E-state index in [1.54, 1.807) is 42.6 Å². The number of hydrogen-bond donors (Lipinski definition) is 1. The molecule has 1 aliphatic rings. The van der Waals surface area contributed by atoms with Crippen LogP contribution in [0.25, 0.3) is 5.76 Å². The maximum absolute atomic E-state index is 13.6. The second-order valence-corrected chi connectivity index (χ2v) is 7.71. The first-order valence-corrected chi connectivity index (χ1v) is 10.6. The highest BCUT2D eigenvalue weighted by atomic mass is 19.1. The monoisotopic (exact) mass is 446 g/mol. The summed E-state index contributed by atoms with van der Waals surface area (Å²) in [6.07, 6.45) is 1.60. The molecule has 0 radical (unpaired) electrons. The zero-order chi connectivity index (χ0) is 23.5. The van der Waals surface area contributed by atoms with E-state index in [4.69, 9.17) is 4.74 Å². The van der Waals surface area contributed by atoms with Gasteiger partial charge in [0.25, 0.3) is 11.7 Å². The first kappa shape index (κ1) is 22.2. The third-order valence-corrected chi connectivity index (χ3v) is 5.53. The molecule has 168 valence electrons. The van der Waals surface area contributed by atoms with E-state index in [1.165, 1.54) is 29.2 Å². The molecular formula is C26H23FN2O4. The quantitative estimate of drug-likeness (QED) is 0.341. The van der Waals surface area contributed by atoms with Gasteiger partial charge in [0.1, 0.15) is 17.3 Å². The van der Waals surface area contributed by atoms with Crippen LogP contribution in [0.4, 0.5) is 4.39 Å². The van der Waals surface area contributed by atoms with Crippen molar-refractivity contribution in [3.63, 3.8) is 0 Å². The van der Waals surface area contributed by atoms with Crippen molar-refractivity contribution in [2.24, 2.45) is 0 Å². The molecule has 7 heteroatoms. The number of carbonyl (C=O) groups excluding carboxylic acids is 2. The van der Waals surface area contributed by atoms with Crippen LogP contribution in [0.15, 0.2) is 72.4 Å². The maximum atomic E-state index is 13.6. The van der Waals surface area contributed by atoms with E-state index >= 15 is 0 Å². The molecule has 33 heavy (non-hydrogen) atoms. The number of aryl methyl sites for hydroxylation is 1. The van der Waals surface area contributed by atoms with Crippen molar-refractivity contribution in [3.8, 4) is 5.75 Å². The predicted octanol–water partition coefficient (Wildman–Crippen LogP) is 4.55. The molecule has 0 aliphatic carbocycles. The first-order valence-electron chi connectivity index (χ1n) is 10.6. The third-order valence-electron chi connectivity index (χ3n) is 5.53. The summed E-state index contributed by atoms with van der Waals surface area (Å²) in [4.78, 5) is 31.7. The number of Topliss-reactive ketones (excluding diaryl/α,β-unsaturated/α-hetero) is 1. The summed E-state index contributed by atoms with van der Waals surface area (Å²) in [6.45, 7) is 4.26. The van der Waals surface area contributed by atoms with Crippen molar-refractivity contribution in [3.05, 3.63) is 101 Å². The van der Waals surface area contributed by atoms with E-state index in [2.05, 4.69) is 4.98 Å². The van der Waals surface area contributed by atoms with Gasteiger partial charge in [-0.1, -0.05) is 18.2 Å². The molecule has 1 unspecified atom stereocenters. The molecular weight excluding hydrogens is 423 g/mol. The number of nitrogens with zero attached hydrogens (tertiary/aromatic N) is 2. The van der Waals surface area contributed by atoms with Crippen molar-refractivity contribution in [2.75, 3.05) is 6.61 Å². The van der Waals surface area contributed by atoms with Crippen LogP contribution >= 0.6 is 0 Å². The lowest BCUT2D eigenvalue weighted by atomic mass is 9.94. The predicted molar refractivity (Wildman–Crippen MR) is 121 cm³/mol. The minimum atomic E-state index is -0.889. The molecule has 0 spiro atoms. The van der Waals surface area contributed by atoms with E-state index in [1.807, 2.05) is 13.8 Å². The van der Waals surface area contributed by atoms with Crippen LogP contribution in [0.5, 0.6) is 5.75 Å². The zero-order valence-electron chi connectivity index (χ0n) is 18.3. The zero-order valence-corrected chi connectivity index (χ0v) is 18.3. The van der Waals surface area contributed by atoms with Gasteiger partial charge >= 0.3 is 0 Å². The highest BCUT2D eigenvalue weighted by molar-refractivity contribution is 6.46. The summed E-state index contributed by atoms with van der Waals surface area (Å²) in [5.41, 5.74) is 2.21. The number of carbonyl (C=O) groups is 2. The van der Waals surface area contributed by atoms with Crippen LogP contribution in [0.2, 0.25) is 0 Å². The highest BCUT2D eigenvalue weighted by Gasteiger charge is 2.46. The van der Waals surface area contributed by atoms with Gasteiger partial charge in [0.05, 0.1) is 30.5 Å². The van der Waals surface area contributed by atoms with E-state index in [9.17, 15) is 19.1 Å². The Morgan fingerprint density at radius 1 is 1.12 bits per heavy atom. The largest absolute Gasteiger partial charge is 0.507 e. The Balaban J connectivity index is 1.84. The first-order chi connectivity index (χ1) is 15.9. The van der Waals surface area contributed by atoms with Crippen LogP contribution in [0.3, 0.4) is 0 Å². The number of amides is 1. The van der Waals surface area contributed by atoms with E-state index in [-0.39, 0.29) is 17.9 Å². The lowest BCUT2D eigenvalue weighted by Crippen LogP contribution is -2.29. The third kappa shape index (κ3) is 4.35. The van der Waals surface area contributed by atoms with Crippen LogP contribution < -0.4 is 4.74 Å². The number of aromatic nitrogens is 1. The number of benzene rings is 2. The van der Waals surface area contributed by atoms with Crippen LogP contribution in [-0.2, 0) is 16.1 Å². The van der Waals surface area contributed by atoms with Crippen molar-refractivity contribution < 1.29 is 23.8 Å². The van der Waals surface area contributed by atoms with Crippen LogP contribution in [-0.4, -0.2) is 33.3 Å². The molecule has 4 rings (SSSR count). The van der Waals surface area contributed by atoms with E-state index < -0.39 is 23.5 Å². The summed E-state index contributed by atoms with van der Waals surface area (Å²) in [5, 5.41) is 11.2. The molecule has 1 saturated heterocycles.